The molecule has 4 aromatic carbocycles. The van der Waals surface area contributed by atoms with E-state index in [0.717, 1.165) is 57.1 Å². The first-order valence-corrected chi connectivity index (χ1v) is 28.2. The number of hydrogen-bond donors (Lipinski definition) is 0. The van der Waals surface area contributed by atoms with Crippen molar-refractivity contribution in [2.75, 3.05) is 6.16 Å². The van der Waals surface area contributed by atoms with Crippen LogP contribution in [0.4, 0.5) is 52.7 Å². The minimum atomic E-state index is -5.66. The number of aryl methyl sites for hydroxylation is 4. The SMILES string of the molecule is Cc1cc(C)cc(P(C[C]23[CH]4[CH]5[CH]6[C]2(P(c2cccc(C(F)(F)F)c2C(F)(F)F)c2cccc(C(F)(F)F)c2C(F)(F)F)[Fe]54632789[CH]3[CH]2[CH]7[CH]8[CH]39)c2cc(C)cc(C)c2)c1. The minimum absolute atomic E-state index is 0.130. The van der Waals surface area contributed by atoms with Gasteiger partial charge < -0.3 is 0 Å². The molecular weight excluding hydrogens is 862 g/mol. The summed E-state index contributed by atoms with van der Waals surface area (Å²) >= 11 is 0. The molecule has 0 saturated carbocycles. The van der Waals surface area contributed by atoms with Crippen LogP contribution in [0.1, 0.15) is 44.5 Å². The Bertz CT molecular complexity index is 2880. The number of fused-ring (bicyclic) bond motifs is 10. The van der Waals surface area contributed by atoms with E-state index in [1.807, 2.05) is 39.8 Å². The second-order valence-corrected chi connectivity index (χ2v) is 49.1. The van der Waals surface area contributed by atoms with Gasteiger partial charge in [-0.25, -0.2) is 0 Å². The van der Waals surface area contributed by atoms with Crippen LogP contribution in [-0.2, 0) is 31.2 Å². The zero-order valence-corrected chi connectivity index (χ0v) is 33.9. The quantitative estimate of drug-likeness (QED) is 0.0985. The molecule has 5 unspecified atom stereocenters. The maximum absolute atomic E-state index is 15.5. The van der Waals surface area contributed by atoms with Crippen molar-refractivity contribution in [3.8, 4) is 0 Å². The second-order valence-electron chi connectivity index (χ2n) is 20.9. The molecule has 0 aliphatic carbocycles. The number of rotatable bonds is 7. The van der Waals surface area contributed by atoms with Gasteiger partial charge in [0.15, 0.2) is 0 Å². The van der Waals surface area contributed by atoms with Gasteiger partial charge in [0.1, 0.15) is 0 Å². The molecule has 0 radical (unpaired) electrons. The van der Waals surface area contributed by atoms with Gasteiger partial charge in [0, 0.05) is 0 Å². The molecule has 308 valence electrons. The van der Waals surface area contributed by atoms with Crippen molar-refractivity contribution in [3.05, 3.63) is 117 Å². The van der Waals surface area contributed by atoms with Crippen molar-refractivity contribution in [2.24, 2.45) is 0 Å². The Morgan fingerprint density at radius 1 is 0.500 bits per heavy atom. The summed E-state index contributed by atoms with van der Waals surface area (Å²) in [5.74, 6) is 0. The van der Waals surface area contributed by atoms with Gasteiger partial charge in [0.05, 0.1) is 0 Å². The summed E-state index contributed by atoms with van der Waals surface area (Å²) in [6.07, 6.45) is -21.9. The topological polar surface area (TPSA) is 0 Å². The molecule has 0 aromatic heterocycles. The molecule has 58 heavy (non-hydrogen) atoms. The molecule has 5 atom stereocenters. The molecule has 15 heteroatoms. The maximum atomic E-state index is 15.5. The Morgan fingerprint density at radius 3 is 1.19 bits per heavy atom. The summed E-state index contributed by atoms with van der Waals surface area (Å²) in [5.41, 5.74) is -4.15. The molecule has 10 aliphatic rings. The van der Waals surface area contributed by atoms with Crippen LogP contribution >= 0.6 is 15.8 Å². The average Bonchev–Trinajstić information content (AvgIpc) is 4.04. The third-order valence-electron chi connectivity index (χ3n) is 22.6. The van der Waals surface area contributed by atoms with Crippen molar-refractivity contribution < 1.29 is 59.2 Å². The number of benzene rings is 4. The van der Waals surface area contributed by atoms with Crippen molar-refractivity contribution >= 4 is 37.1 Å². The number of hydrogen-bond acceptors (Lipinski definition) is 0. The van der Waals surface area contributed by atoms with Crippen LogP contribution in [0.15, 0.2) is 72.8 Å². The van der Waals surface area contributed by atoms with Gasteiger partial charge in [-0.1, -0.05) is 0 Å². The molecule has 0 nitrogen and oxygen atoms in total. The van der Waals surface area contributed by atoms with Crippen LogP contribution in [-0.4, -0.2) is 10.2 Å². The van der Waals surface area contributed by atoms with E-state index < -0.39 is 88.3 Å². The van der Waals surface area contributed by atoms with Gasteiger partial charge in [-0.05, 0) is 0 Å². The molecule has 10 aliphatic heterocycles. The summed E-state index contributed by atoms with van der Waals surface area (Å²) in [7, 11) is -4.32. The fraction of sp³-hybridized carbons (Fsp3) is 0.442. The summed E-state index contributed by atoms with van der Waals surface area (Å²) in [5, 5.41) is 0.296. The van der Waals surface area contributed by atoms with Crippen molar-refractivity contribution in [1.82, 2.24) is 0 Å². The molecule has 10 fully saturated rings. The zero-order valence-electron chi connectivity index (χ0n) is 31.0. The van der Waals surface area contributed by atoms with E-state index in [4.69, 9.17) is 0 Å². The first-order valence-electron chi connectivity index (χ1n) is 19.2. The van der Waals surface area contributed by atoms with Gasteiger partial charge in [-0.2, -0.15) is 0 Å². The molecular formula is C43H34F12FeP2. The Morgan fingerprint density at radius 2 is 0.879 bits per heavy atom. The third-order valence-corrected chi connectivity index (χ3v) is 75.9. The second kappa shape index (κ2) is 6.27. The first kappa shape index (κ1) is 35.1. The first-order chi connectivity index (χ1) is 26.7. The van der Waals surface area contributed by atoms with Crippen LogP contribution in [0.5, 0.6) is 0 Å². The Balaban J connectivity index is 1.10. The van der Waals surface area contributed by atoms with E-state index in [-0.39, 0.29) is 38.5 Å². The molecule has 4 aromatic rings. The van der Waals surface area contributed by atoms with Crippen LogP contribution in [0, 0.1) is 27.7 Å². The van der Waals surface area contributed by atoms with Gasteiger partial charge in [0.25, 0.3) is 0 Å². The van der Waals surface area contributed by atoms with E-state index in [1.165, 1.54) is 0 Å². The molecule has 0 N–H and O–H groups in total. The zero-order chi connectivity index (χ0) is 41.2. The standard InChI is InChI=1S/C38H29F12P2.C5H5.Fe/c1-21-14-22(2)17-26(16-21)51(27-18-23(3)15-24(4)19-27)20-25-8-5-11-30(25)52(31-12-6-9-28(35(39,40)41)33(31)37(45,46)47)32-13-7-10-29(36(42,43)44)34(32)38(48,49)50;1-2-4-5-3-1;/h5-19H,20H2,1-4H3;1-5H;. The van der Waals surface area contributed by atoms with E-state index in [9.17, 15) is 26.3 Å². The average molecular weight is 897 g/mol. The van der Waals surface area contributed by atoms with Gasteiger partial charge in [-0.3, -0.25) is 0 Å². The molecule has 0 bridgehead atoms. The summed E-state index contributed by atoms with van der Waals surface area (Å²) in [4.78, 5) is 1.42. The van der Waals surface area contributed by atoms with Gasteiger partial charge in [-0.15, -0.1) is 0 Å². The van der Waals surface area contributed by atoms with Crippen molar-refractivity contribution in [2.45, 2.75) is 99.3 Å². The third kappa shape index (κ3) is 1.37. The molecule has 1 spiro atoms. The summed E-state index contributed by atoms with van der Waals surface area (Å²) in [6.45, 7) is 2.38. The van der Waals surface area contributed by atoms with Crippen LogP contribution in [0.3, 0.4) is 0 Å². The Kier molecular flexibility index (Phi) is 3.79. The summed E-state index contributed by atoms with van der Waals surface area (Å²) < 4.78 is 180. The van der Waals surface area contributed by atoms with Crippen LogP contribution in [0.25, 0.3) is 0 Å². The van der Waals surface area contributed by atoms with Gasteiger partial charge in [0.2, 0.25) is 0 Å². The molecule has 10 saturated heterocycles. The predicted molar refractivity (Wildman–Crippen MR) is 197 cm³/mol. The van der Waals surface area contributed by atoms with E-state index in [0.29, 0.717) is 18.3 Å². The van der Waals surface area contributed by atoms with Gasteiger partial charge >= 0.3 is 319 Å². The van der Waals surface area contributed by atoms with Crippen molar-refractivity contribution in [1.29, 1.82) is 0 Å². The monoisotopic (exact) mass is 896 g/mol. The van der Waals surface area contributed by atoms with Crippen LogP contribution < -0.4 is 21.2 Å². The van der Waals surface area contributed by atoms with Crippen molar-refractivity contribution in [3.63, 3.8) is 0 Å². The normalized spacial score (nSPS) is 46.0. The molecule has 14 rings (SSSR count). The molecule has 10 heterocycles. The Labute approximate surface area is 318 Å². The molecule has 0 amide bonds. The predicted octanol–water partition coefficient (Wildman–Crippen LogP) is 13.2. The van der Waals surface area contributed by atoms with E-state index >= 15 is 26.3 Å². The Hall–Kier alpha value is -2.58. The number of alkyl halides is 12. The fourth-order valence-corrected chi connectivity index (χ4v) is 121. The van der Waals surface area contributed by atoms with Crippen LogP contribution in [0.2, 0.25) is 42.8 Å². The fourth-order valence-electron chi connectivity index (χ4n) is 23.7. The number of halogens is 12. The summed E-state index contributed by atoms with van der Waals surface area (Å²) in [6, 6.07) is 16.5. The van der Waals surface area contributed by atoms with E-state index in [1.54, 1.807) is 0 Å². The van der Waals surface area contributed by atoms with E-state index in [2.05, 4.69) is 24.3 Å².